The van der Waals surface area contributed by atoms with Gasteiger partial charge in [-0.15, -0.1) is 0 Å². The molecule has 1 fully saturated rings. The van der Waals surface area contributed by atoms with Gasteiger partial charge in [-0.2, -0.15) is 11.8 Å². The summed E-state index contributed by atoms with van der Waals surface area (Å²) in [6.45, 7) is 1.40. The van der Waals surface area contributed by atoms with E-state index in [2.05, 4.69) is 15.3 Å². The van der Waals surface area contributed by atoms with E-state index in [1.807, 2.05) is 11.8 Å². The van der Waals surface area contributed by atoms with E-state index >= 15 is 0 Å². The van der Waals surface area contributed by atoms with Crippen LogP contribution in [0.25, 0.3) is 0 Å². The molecule has 0 aliphatic carbocycles. The molecule has 1 aromatic heterocycles. The Balaban J connectivity index is 1.96. The first-order valence-corrected chi connectivity index (χ1v) is 6.84. The van der Waals surface area contributed by atoms with E-state index in [-0.39, 0.29) is 5.56 Å². The fourth-order valence-electron chi connectivity index (χ4n) is 2.31. The molecule has 0 amide bonds. The summed E-state index contributed by atoms with van der Waals surface area (Å²) in [4.78, 5) is 19.4. The normalized spacial score (nSPS) is 24.4. The third-order valence-electron chi connectivity index (χ3n) is 3.20. The van der Waals surface area contributed by atoms with Crippen molar-refractivity contribution in [1.29, 1.82) is 0 Å². The van der Waals surface area contributed by atoms with Crippen LogP contribution in [0.2, 0.25) is 0 Å². The van der Waals surface area contributed by atoms with Crippen molar-refractivity contribution < 1.29 is 0 Å². The number of nitrogens with one attached hydrogen (secondary N) is 2. The highest BCUT2D eigenvalue weighted by atomic mass is 32.2. The first-order chi connectivity index (χ1) is 7.84. The van der Waals surface area contributed by atoms with E-state index in [1.165, 1.54) is 18.6 Å². The highest BCUT2D eigenvalue weighted by Gasteiger charge is 2.22. The lowest BCUT2D eigenvalue weighted by molar-refractivity contribution is 0.656. The maximum atomic E-state index is 11.8. The van der Waals surface area contributed by atoms with Crippen LogP contribution < -0.4 is 10.9 Å². The molecule has 0 spiro atoms. The van der Waals surface area contributed by atoms with Gasteiger partial charge in [-0.25, -0.2) is 4.98 Å². The minimum absolute atomic E-state index is 0.0520. The predicted molar refractivity (Wildman–Crippen MR) is 64.5 cm³/mol. The average molecular weight is 237 g/mol. The van der Waals surface area contributed by atoms with Gasteiger partial charge in [-0.1, -0.05) is 6.42 Å². The molecule has 1 saturated heterocycles. The highest BCUT2D eigenvalue weighted by molar-refractivity contribution is 7.99. The fraction of sp³-hybridized carbons (Fsp3) is 0.636. The molecule has 2 aliphatic rings. The molecule has 0 bridgehead atoms. The Morgan fingerprint density at radius 3 is 3.06 bits per heavy atom. The second-order valence-corrected chi connectivity index (χ2v) is 5.65. The van der Waals surface area contributed by atoms with Gasteiger partial charge in [0, 0.05) is 13.1 Å². The van der Waals surface area contributed by atoms with E-state index in [4.69, 9.17) is 0 Å². The fourth-order valence-corrected chi connectivity index (χ4v) is 3.57. The zero-order chi connectivity index (χ0) is 11.0. The maximum Gasteiger partial charge on any atom is 0.255 e. The van der Waals surface area contributed by atoms with Gasteiger partial charge in [-0.3, -0.25) is 4.79 Å². The van der Waals surface area contributed by atoms with E-state index < -0.39 is 0 Å². The molecule has 3 heterocycles. The van der Waals surface area contributed by atoms with E-state index in [0.29, 0.717) is 11.8 Å². The van der Waals surface area contributed by atoms with Crippen molar-refractivity contribution in [2.45, 2.75) is 37.6 Å². The molecule has 16 heavy (non-hydrogen) atoms. The van der Waals surface area contributed by atoms with Gasteiger partial charge < -0.3 is 10.3 Å². The molecule has 4 nitrogen and oxygen atoms in total. The van der Waals surface area contributed by atoms with Crippen LogP contribution in [-0.2, 0) is 13.1 Å². The summed E-state index contributed by atoms with van der Waals surface area (Å²) >= 11 is 1.92. The first-order valence-electron chi connectivity index (χ1n) is 5.79. The Labute approximate surface area is 98.2 Å². The molecule has 1 aromatic rings. The molecule has 3 rings (SSSR count). The smallest absolute Gasteiger partial charge is 0.255 e. The monoisotopic (exact) mass is 237 g/mol. The second kappa shape index (κ2) is 4.22. The number of fused-ring (bicyclic) bond motifs is 1. The molecule has 0 saturated carbocycles. The van der Waals surface area contributed by atoms with Crippen LogP contribution in [0.15, 0.2) is 4.79 Å². The predicted octanol–water partition coefficient (Wildman–Crippen LogP) is 1.33. The van der Waals surface area contributed by atoms with Gasteiger partial charge in [0.2, 0.25) is 0 Å². The molecule has 86 valence electrons. The SMILES string of the molecule is O=c1[nH]c(C2CCCCS2)nc2c1CNC2. The molecule has 0 aromatic carbocycles. The van der Waals surface area contributed by atoms with Crippen LogP contribution >= 0.6 is 11.8 Å². The minimum Gasteiger partial charge on any atom is -0.309 e. The van der Waals surface area contributed by atoms with Crippen LogP contribution in [0.3, 0.4) is 0 Å². The third kappa shape index (κ3) is 1.78. The van der Waals surface area contributed by atoms with Crippen LogP contribution in [0, 0.1) is 0 Å². The number of H-pyrrole nitrogens is 1. The number of rotatable bonds is 1. The summed E-state index contributed by atoms with van der Waals surface area (Å²) in [6.07, 6.45) is 3.68. The zero-order valence-electron chi connectivity index (χ0n) is 9.08. The highest BCUT2D eigenvalue weighted by Crippen LogP contribution is 2.36. The summed E-state index contributed by atoms with van der Waals surface area (Å²) < 4.78 is 0. The summed E-state index contributed by atoms with van der Waals surface area (Å²) in [5, 5.41) is 3.57. The number of hydrogen-bond acceptors (Lipinski definition) is 4. The van der Waals surface area contributed by atoms with Gasteiger partial charge in [0.05, 0.1) is 16.5 Å². The van der Waals surface area contributed by atoms with Crippen LogP contribution in [0.1, 0.15) is 41.6 Å². The Hall–Kier alpha value is -0.810. The van der Waals surface area contributed by atoms with Crippen molar-refractivity contribution >= 4 is 11.8 Å². The quantitative estimate of drug-likeness (QED) is 0.773. The van der Waals surface area contributed by atoms with E-state index in [0.717, 1.165) is 30.0 Å². The number of hydrogen-bond donors (Lipinski definition) is 2. The Morgan fingerprint density at radius 2 is 2.25 bits per heavy atom. The molecule has 1 unspecified atom stereocenters. The molecule has 2 N–H and O–H groups in total. The topological polar surface area (TPSA) is 57.8 Å². The van der Waals surface area contributed by atoms with Gasteiger partial charge in [0.25, 0.3) is 5.56 Å². The second-order valence-electron chi connectivity index (χ2n) is 4.34. The van der Waals surface area contributed by atoms with Crippen molar-refractivity contribution in [2.75, 3.05) is 5.75 Å². The molecule has 2 aliphatic heterocycles. The van der Waals surface area contributed by atoms with Crippen LogP contribution in [-0.4, -0.2) is 15.7 Å². The molecular weight excluding hydrogens is 222 g/mol. The number of thioether (sulfide) groups is 1. The Kier molecular flexibility index (Phi) is 2.73. The van der Waals surface area contributed by atoms with E-state index in [9.17, 15) is 4.79 Å². The molecule has 5 heteroatoms. The van der Waals surface area contributed by atoms with E-state index in [1.54, 1.807) is 0 Å². The summed E-state index contributed by atoms with van der Waals surface area (Å²) in [5.41, 5.74) is 1.82. The summed E-state index contributed by atoms with van der Waals surface area (Å²) in [7, 11) is 0. The molecule has 1 atom stereocenters. The minimum atomic E-state index is 0.0520. The largest absolute Gasteiger partial charge is 0.309 e. The maximum absolute atomic E-state index is 11.8. The van der Waals surface area contributed by atoms with Crippen molar-refractivity contribution in [3.05, 3.63) is 27.4 Å². The van der Waals surface area contributed by atoms with Crippen molar-refractivity contribution in [3.8, 4) is 0 Å². The lowest BCUT2D eigenvalue weighted by Crippen LogP contribution is -2.19. The van der Waals surface area contributed by atoms with Gasteiger partial charge in [0.15, 0.2) is 0 Å². The van der Waals surface area contributed by atoms with Crippen LogP contribution in [0.5, 0.6) is 0 Å². The first kappa shape index (κ1) is 10.4. The van der Waals surface area contributed by atoms with Crippen molar-refractivity contribution in [1.82, 2.24) is 15.3 Å². The average Bonchev–Trinajstić information content (AvgIpc) is 2.79. The third-order valence-corrected chi connectivity index (χ3v) is 4.58. The van der Waals surface area contributed by atoms with Gasteiger partial charge in [0.1, 0.15) is 5.82 Å². The number of aromatic amines is 1. The van der Waals surface area contributed by atoms with Gasteiger partial charge >= 0.3 is 0 Å². The molecular formula is C11H15N3OS. The van der Waals surface area contributed by atoms with Crippen LogP contribution in [0.4, 0.5) is 0 Å². The number of aromatic nitrogens is 2. The lowest BCUT2D eigenvalue weighted by Gasteiger charge is -2.20. The lowest BCUT2D eigenvalue weighted by atomic mass is 10.1. The van der Waals surface area contributed by atoms with Crippen molar-refractivity contribution in [3.63, 3.8) is 0 Å². The van der Waals surface area contributed by atoms with Gasteiger partial charge in [-0.05, 0) is 18.6 Å². The van der Waals surface area contributed by atoms with Crippen molar-refractivity contribution in [2.24, 2.45) is 0 Å². The Bertz CT molecular complexity index is 451. The number of nitrogens with zero attached hydrogens (tertiary/aromatic N) is 1. The summed E-state index contributed by atoms with van der Waals surface area (Å²) in [5.74, 6) is 2.07. The standard InChI is InChI=1S/C11H15N3OS/c15-11-7-5-12-6-8(7)13-10(14-11)9-3-1-2-4-16-9/h9,12H,1-6H2,(H,13,14,15). The Morgan fingerprint density at radius 1 is 1.31 bits per heavy atom. The zero-order valence-corrected chi connectivity index (χ0v) is 9.90. The molecule has 0 radical (unpaired) electrons. The summed E-state index contributed by atoms with van der Waals surface area (Å²) in [6, 6.07) is 0.